The van der Waals surface area contributed by atoms with Crippen molar-refractivity contribution in [3.8, 4) is 11.4 Å². The fraction of sp³-hybridized carbons (Fsp3) is 0.440. The number of fused-ring (bicyclic) bond motifs is 1. The summed E-state index contributed by atoms with van der Waals surface area (Å²) in [5.41, 5.74) is 4.53. The van der Waals surface area contributed by atoms with Gasteiger partial charge in [-0.05, 0) is 41.8 Å². The van der Waals surface area contributed by atoms with Crippen LogP contribution in [0.4, 0.5) is 5.69 Å². The van der Waals surface area contributed by atoms with Crippen LogP contribution in [0.1, 0.15) is 18.4 Å². The standard InChI is InChI=1S/C25H31N9O3S/c1-31-29-25(28-30-31)20-6-4-19(5-7-20)16-32-11-13-33(14-12-32)38(35,36)34-10-2-3-22(17-34)27-21-8-9-24-23(15-21)26-18-37-24/h4-9,15,18,22,27H,2-3,10-14,16-17H2,1H3/t22-/m1/s1. The number of piperazine rings is 1. The van der Waals surface area contributed by atoms with Gasteiger partial charge < -0.3 is 9.73 Å². The summed E-state index contributed by atoms with van der Waals surface area (Å²) < 4.78 is 35.5. The first-order valence-corrected chi connectivity index (χ1v) is 14.2. The molecule has 2 fully saturated rings. The number of anilines is 1. The summed E-state index contributed by atoms with van der Waals surface area (Å²) >= 11 is 0. The predicted molar refractivity (Wildman–Crippen MR) is 142 cm³/mol. The van der Waals surface area contributed by atoms with E-state index < -0.39 is 10.2 Å². The molecule has 4 heterocycles. The van der Waals surface area contributed by atoms with Gasteiger partial charge in [0.1, 0.15) is 5.52 Å². The van der Waals surface area contributed by atoms with E-state index in [1.807, 2.05) is 30.3 Å². The molecule has 2 aromatic carbocycles. The third kappa shape index (κ3) is 5.27. The van der Waals surface area contributed by atoms with Crippen molar-refractivity contribution < 1.29 is 12.8 Å². The summed E-state index contributed by atoms with van der Waals surface area (Å²) in [6.07, 6.45) is 3.17. The SMILES string of the molecule is Cn1nnc(-c2ccc(CN3CCN(S(=O)(=O)N4CCC[C@@H](Nc5ccc6ocnc6c5)C4)CC3)cc2)n1. The second-order valence-electron chi connectivity index (χ2n) is 9.86. The fourth-order valence-electron chi connectivity index (χ4n) is 5.15. The third-order valence-electron chi connectivity index (χ3n) is 7.20. The summed E-state index contributed by atoms with van der Waals surface area (Å²) in [6.45, 7) is 4.14. The Morgan fingerprint density at radius 1 is 1.03 bits per heavy atom. The van der Waals surface area contributed by atoms with E-state index in [9.17, 15) is 8.42 Å². The van der Waals surface area contributed by atoms with E-state index in [0.29, 0.717) is 45.1 Å². The molecule has 1 atom stereocenters. The summed E-state index contributed by atoms with van der Waals surface area (Å²) in [6, 6.07) is 13.9. The first-order valence-electron chi connectivity index (χ1n) is 12.8. The van der Waals surface area contributed by atoms with Crippen molar-refractivity contribution in [2.24, 2.45) is 7.05 Å². The lowest BCUT2D eigenvalue weighted by Gasteiger charge is -2.39. The number of aromatic nitrogens is 5. The molecule has 2 aliphatic rings. The van der Waals surface area contributed by atoms with E-state index in [0.717, 1.165) is 41.7 Å². The molecule has 12 nitrogen and oxygen atoms in total. The Hall–Kier alpha value is -3.39. The monoisotopic (exact) mass is 537 g/mol. The molecule has 2 saturated heterocycles. The fourth-order valence-corrected chi connectivity index (χ4v) is 6.83. The maximum Gasteiger partial charge on any atom is 0.282 e. The minimum atomic E-state index is -3.52. The van der Waals surface area contributed by atoms with Crippen molar-refractivity contribution in [3.05, 3.63) is 54.4 Å². The van der Waals surface area contributed by atoms with Crippen LogP contribution < -0.4 is 5.32 Å². The zero-order valence-electron chi connectivity index (χ0n) is 21.3. The van der Waals surface area contributed by atoms with E-state index in [2.05, 4.69) is 42.7 Å². The highest BCUT2D eigenvalue weighted by Crippen LogP contribution is 2.24. The van der Waals surface area contributed by atoms with Gasteiger partial charge in [-0.3, -0.25) is 4.90 Å². The van der Waals surface area contributed by atoms with Gasteiger partial charge in [0.15, 0.2) is 12.0 Å². The summed E-state index contributed by atoms with van der Waals surface area (Å²) in [7, 11) is -1.77. The molecule has 4 aromatic rings. The molecule has 2 aromatic heterocycles. The van der Waals surface area contributed by atoms with Crippen LogP contribution in [0.3, 0.4) is 0 Å². The van der Waals surface area contributed by atoms with Crippen LogP contribution in [0.2, 0.25) is 0 Å². The number of rotatable bonds is 7. The van der Waals surface area contributed by atoms with Crippen molar-refractivity contribution in [1.82, 2.24) is 38.7 Å². The number of hydrogen-bond donors (Lipinski definition) is 1. The molecule has 200 valence electrons. The molecule has 13 heteroatoms. The van der Waals surface area contributed by atoms with Gasteiger partial charge in [-0.25, -0.2) is 4.98 Å². The van der Waals surface area contributed by atoms with Crippen LogP contribution in [0.25, 0.3) is 22.5 Å². The molecule has 0 radical (unpaired) electrons. The lowest BCUT2D eigenvalue weighted by atomic mass is 10.1. The molecule has 0 saturated carbocycles. The highest BCUT2D eigenvalue weighted by molar-refractivity contribution is 7.86. The lowest BCUT2D eigenvalue weighted by molar-refractivity contribution is 0.172. The second kappa shape index (κ2) is 10.4. The Kier molecular flexibility index (Phi) is 6.82. The Morgan fingerprint density at radius 2 is 1.84 bits per heavy atom. The molecule has 2 aliphatic heterocycles. The van der Waals surface area contributed by atoms with Gasteiger partial charge in [0, 0.05) is 63.1 Å². The van der Waals surface area contributed by atoms with E-state index in [4.69, 9.17) is 4.42 Å². The van der Waals surface area contributed by atoms with Crippen molar-refractivity contribution in [3.63, 3.8) is 0 Å². The Bertz CT molecular complexity index is 1490. The largest absolute Gasteiger partial charge is 0.443 e. The topological polar surface area (TPSA) is 126 Å². The van der Waals surface area contributed by atoms with Crippen molar-refractivity contribution in [1.29, 1.82) is 0 Å². The number of hydrogen-bond acceptors (Lipinski definition) is 9. The minimum absolute atomic E-state index is 0.0456. The first-order chi connectivity index (χ1) is 18.4. The van der Waals surface area contributed by atoms with Gasteiger partial charge >= 0.3 is 0 Å². The van der Waals surface area contributed by atoms with E-state index >= 15 is 0 Å². The highest BCUT2D eigenvalue weighted by Gasteiger charge is 2.35. The summed E-state index contributed by atoms with van der Waals surface area (Å²) in [5.74, 6) is 0.601. The zero-order valence-corrected chi connectivity index (χ0v) is 22.1. The number of tetrazole rings is 1. The number of nitrogens with zero attached hydrogens (tertiary/aromatic N) is 8. The normalized spacial score (nSPS) is 20.2. The van der Waals surface area contributed by atoms with Crippen LogP contribution in [0, 0.1) is 0 Å². The highest BCUT2D eigenvalue weighted by atomic mass is 32.2. The van der Waals surface area contributed by atoms with E-state index in [1.54, 1.807) is 15.7 Å². The second-order valence-corrected chi connectivity index (χ2v) is 11.8. The van der Waals surface area contributed by atoms with E-state index in [-0.39, 0.29) is 6.04 Å². The molecule has 6 rings (SSSR count). The lowest BCUT2D eigenvalue weighted by Crippen LogP contribution is -2.55. The number of nitrogens with one attached hydrogen (secondary N) is 1. The van der Waals surface area contributed by atoms with Crippen LogP contribution in [0.15, 0.2) is 53.3 Å². The number of aryl methyl sites for hydroxylation is 1. The third-order valence-corrected chi connectivity index (χ3v) is 9.20. The van der Waals surface area contributed by atoms with Gasteiger partial charge in [-0.2, -0.15) is 21.8 Å². The van der Waals surface area contributed by atoms with Crippen molar-refractivity contribution >= 4 is 27.0 Å². The maximum absolute atomic E-state index is 13.5. The van der Waals surface area contributed by atoms with Crippen molar-refractivity contribution in [2.45, 2.75) is 25.4 Å². The molecule has 1 N–H and O–H groups in total. The number of piperidine rings is 1. The van der Waals surface area contributed by atoms with Crippen LogP contribution >= 0.6 is 0 Å². The van der Waals surface area contributed by atoms with Crippen molar-refractivity contribution in [2.75, 3.05) is 44.6 Å². The van der Waals surface area contributed by atoms with Gasteiger partial charge in [0.25, 0.3) is 10.2 Å². The van der Waals surface area contributed by atoms with Crippen LogP contribution in [0.5, 0.6) is 0 Å². The molecule has 0 aliphatic carbocycles. The molecular weight excluding hydrogens is 506 g/mol. The van der Waals surface area contributed by atoms with Crippen LogP contribution in [-0.4, -0.2) is 92.4 Å². The molecular formula is C25H31N9O3S. The molecule has 0 amide bonds. The smallest absolute Gasteiger partial charge is 0.282 e. The van der Waals surface area contributed by atoms with E-state index in [1.165, 1.54) is 16.8 Å². The molecule has 0 bridgehead atoms. The average Bonchev–Trinajstić information content (AvgIpc) is 3.58. The van der Waals surface area contributed by atoms with Gasteiger partial charge in [-0.1, -0.05) is 24.3 Å². The minimum Gasteiger partial charge on any atom is -0.443 e. The van der Waals surface area contributed by atoms with Crippen LogP contribution in [-0.2, 0) is 23.8 Å². The van der Waals surface area contributed by atoms with Gasteiger partial charge in [0.05, 0.1) is 7.05 Å². The average molecular weight is 538 g/mol. The Balaban J connectivity index is 1.02. The summed E-state index contributed by atoms with van der Waals surface area (Å²) in [4.78, 5) is 7.94. The quantitative estimate of drug-likeness (QED) is 0.376. The maximum atomic E-state index is 13.5. The predicted octanol–water partition coefficient (Wildman–Crippen LogP) is 1.96. The molecule has 0 unspecified atom stereocenters. The Labute approximate surface area is 221 Å². The summed E-state index contributed by atoms with van der Waals surface area (Å²) in [5, 5.41) is 15.7. The Morgan fingerprint density at radius 3 is 2.61 bits per heavy atom. The zero-order chi connectivity index (χ0) is 26.1. The molecule has 38 heavy (non-hydrogen) atoms. The van der Waals surface area contributed by atoms with Gasteiger partial charge in [0.2, 0.25) is 5.82 Å². The first kappa shape index (κ1) is 24.9. The number of oxazole rings is 1. The number of benzene rings is 2. The van der Waals surface area contributed by atoms with Gasteiger partial charge in [-0.15, -0.1) is 10.2 Å². The molecule has 0 spiro atoms.